The fourth-order valence-corrected chi connectivity index (χ4v) is 10.4. The molecule has 0 saturated heterocycles. The summed E-state index contributed by atoms with van der Waals surface area (Å²) in [4.78, 5) is 29.0. The molecule has 0 bridgehead atoms. The number of fused-ring (bicyclic) bond motifs is 14. The van der Waals surface area contributed by atoms with Gasteiger partial charge in [0.15, 0.2) is 10.9 Å². The summed E-state index contributed by atoms with van der Waals surface area (Å²) in [6, 6.07) is 37.9. The van der Waals surface area contributed by atoms with Gasteiger partial charge < -0.3 is 18.6 Å². The van der Waals surface area contributed by atoms with Gasteiger partial charge in [0, 0.05) is 32.9 Å². The first kappa shape index (κ1) is 30.5. The molecule has 4 aliphatic rings. The lowest BCUT2D eigenvalue weighted by Gasteiger charge is -2.38. The van der Waals surface area contributed by atoms with Gasteiger partial charge in [0.05, 0.1) is 22.1 Å². The number of pyridine rings is 2. The molecule has 262 valence electrons. The van der Waals surface area contributed by atoms with Crippen LogP contribution in [-0.2, 0) is 0 Å². The monoisotopic (exact) mass is 720 g/mol. The van der Waals surface area contributed by atoms with Gasteiger partial charge in [-0.3, -0.25) is 9.59 Å². The molecule has 0 saturated carbocycles. The van der Waals surface area contributed by atoms with Crippen molar-refractivity contribution in [2.24, 2.45) is 0 Å². The predicted octanol–water partition coefficient (Wildman–Crippen LogP) is 5.71. The second-order valence-corrected chi connectivity index (χ2v) is 16.2. The van der Waals surface area contributed by atoms with Crippen LogP contribution in [0, 0.1) is 27.7 Å². The van der Waals surface area contributed by atoms with Crippen LogP contribution in [0.2, 0.25) is 0 Å². The molecule has 9 aromatic rings. The minimum Gasteiger partial charge on any atom is -0.458 e. The summed E-state index contributed by atoms with van der Waals surface area (Å²) in [5.74, 6) is 3.21. The molecular weight excluding hydrogens is 690 g/mol. The van der Waals surface area contributed by atoms with Crippen molar-refractivity contribution in [2.75, 3.05) is 0 Å². The molecule has 0 N–H and O–H groups in total. The summed E-state index contributed by atoms with van der Waals surface area (Å²) in [6.07, 6.45) is 0. The molecule has 0 radical (unpaired) electrons. The van der Waals surface area contributed by atoms with Crippen molar-refractivity contribution in [1.29, 1.82) is 0 Å². The highest BCUT2D eigenvalue weighted by atomic mass is 16.5. The summed E-state index contributed by atoms with van der Waals surface area (Å²) in [6.45, 7) is 7.87. The Morgan fingerprint density at radius 2 is 0.839 bits per heavy atom. The van der Waals surface area contributed by atoms with Gasteiger partial charge in [-0.25, -0.2) is 0 Å². The maximum absolute atomic E-state index is 14.5. The molecule has 0 amide bonds. The van der Waals surface area contributed by atoms with Crippen LogP contribution in [-0.4, -0.2) is 22.6 Å². The second-order valence-electron chi connectivity index (χ2n) is 16.2. The fourth-order valence-electron chi connectivity index (χ4n) is 10.4. The fraction of sp³-hybridized carbons (Fsp3) is 0.0833. The molecule has 8 heteroatoms. The van der Waals surface area contributed by atoms with Gasteiger partial charge in [0.2, 0.25) is 0 Å². The summed E-state index contributed by atoms with van der Waals surface area (Å²) >= 11 is 0. The van der Waals surface area contributed by atoms with Crippen LogP contribution in [0.4, 0.5) is 0 Å². The van der Waals surface area contributed by atoms with Gasteiger partial charge >= 0.3 is 0 Å². The van der Waals surface area contributed by atoms with Crippen molar-refractivity contribution in [2.45, 2.75) is 27.7 Å². The van der Waals surface area contributed by atoms with Gasteiger partial charge in [0.25, 0.3) is 13.4 Å². The number of hydrogen-bond acceptors (Lipinski definition) is 4. The third-order valence-corrected chi connectivity index (χ3v) is 12.8. The minimum absolute atomic E-state index is 0.0201. The van der Waals surface area contributed by atoms with Crippen molar-refractivity contribution < 1.29 is 9.47 Å². The maximum atomic E-state index is 14.5. The highest BCUT2D eigenvalue weighted by molar-refractivity contribution is 7.02. The molecule has 6 heterocycles. The third kappa shape index (κ3) is 3.61. The average Bonchev–Trinajstić information content (AvgIpc) is 3.19. The molecule has 0 atom stereocenters. The molecular formula is C48H30B2N2O4. The normalized spacial score (nSPS) is 13.7. The van der Waals surface area contributed by atoms with E-state index in [0.29, 0.717) is 21.5 Å². The highest BCUT2D eigenvalue weighted by Crippen LogP contribution is 2.38. The molecule has 0 fully saturated rings. The molecule has 7 aromatic carbocycles. The van der Waals surface area contributed by atoms with E-state index in [1.54, 1.807) is 0 Å². The molecule has 56 heavy (non-hydrogen) atoms. The highest BCUT2D eigenvalue weighted by Gasteiger charge is 2.45. The molecule has 6 nitrogen and oxygen atoms in total. The van der Waals surface area contributed by atoms with Gasteiger partial charge in [-0.2, -0.15) is 0 Å². The summed E-state index contributed by atoms with van der Waals surface area (Å²) in [5, 5.41) is 2.71. The van der Waals surface area contributed by atoms with Crippen LogP contribution < -0.4 is 53.1 Å². The number of rotatable bonds is 0. The van der Waals surface area contributed by atoms with Crippen molar-refractivity contribution in [3.05, 3.63) is 152 Å². The van der Waals surface area contributed by atoms with Crippen LogP contribution in [0.15, 0.2) is 119 Å². The van der Waals surface area contributed by atoms with Crippen molar-refractivity contribution >= 4 is 89.8 Å². The Hall–Kier alpha value is -6.79. The first-order valence-corrected chi connectivity index (χ1v) is 19.2. The zero-order chi connectivity index (χ0) is 37.5. The number of hydrogen-bond donors (Lipinski definition) is 0. The smallest absolute Gasteiger partial charge is 0.256 e. The topological polar surface area (TPSA) is 62.5 Å². The van der Waals surface area contributed by atoms with Gasteiger partial charge in [-0.1, -0.05) is 53.6 Å². The minimum atomic E-state index is -0.192. The van der Waals surface area contributed by atoms with E-state index in [4.69, 9.17) is 9.47 Å². The van der Waals surface area contributed by atoms with Crippen molar-refractivity contribution in [3.8, 4) is 34.4 Å². The number of ether oxygens (including phenoxy) is 2. The zero-order valence-corrected chi connectivity index (χ0v) is 31.1. The van der Waals surface area contributed by atoms with E-state index in [9.17, 15) is 9.59 Å². The Morgan fingerprint density at radius 1 is 0.411 bits per heavy atom. The van der Waals surface area contributed by atoms with Crippen LogP contribution >= 0.6 is 0 Å². The van der Waals surface area contributed by atoms with Crippen molar-refractivity contribution in [1.82, 2.24) is 9.13 Å². The number of benzene rings is 7. The molecule has 0 aliphatic carbocycles. The lowest BCUT2D eigenvalue weighted by Crippen LogP contribution is -2.63. The number of nitrogens with zero attached hydrogens (tertiary/aromatic N) is 2. The van der Waals surface area contributed by atoms with E-state index < -0.39 is 0 Å². The standard InChI is InChI=1S/C48H30B2N2O4/c1-23-7-13-35-29(17-23)47(53)27-9-15-39-43-45(27)51(35)37-22-38-34(21-33(37)49(43)31-11-5-25(3)19-41(31)55-39)50-32-12-6-26(4)20-42(32)56-40-16-10-28-46(44(40)50)52(38)36-14-8-24(2)18-30(36)48(28)54/h5-22H,1-4H3. The second kappa shape index (κ2) is 10.1. The van der Waals surface area contributed by atoms with E-state index in [0.717, 1.165) is 111 Å². The van der Waals surface area contributed by atoms with Crippen LogP contribution in [0.25, 0.3) is 55.0 Å². The van der Waals surface area contributed by atoms with E-state index in [2.05, 4.69) is 95.8 Å². The SMILES string of the molecule is Cc1ccc2c(c1)Oc1ccc3c(=O)c4cc(C)ccc4n4c3c1B2c1cc2c(cc1-4)-n1c3ccc(C)cc3c(=O)c3ccc4c(c31)B2c1ccc(C)cc1O4. The van der Waals surface area contributed by atoms with E-state index in [1.165, 1.54) is 0 Å². The molecule has 13 rings (SSSR count). The third-order valence-electron chi connectivity index (χ3n) is 12.8. The van der Waals surface area contributed by atoms with Crippen LogP contribution in [0.3, 0.4) is 0 Å². The number of aryl methyl sites for hydroxylation is 4. The molecule has 0 unspecified atom stereocenters. The summed E-state index contributed by atoms with van der Waals surface area (Å²) in [7, 11) is 0. The van der Waals surface area contributed by atoms with Crippen LogP contribution in [0.1, 0.15) is 22.3 Å². The van der Waals surface area contributed by atoms with E-state index in [1.807, 2.05) is 50.2 Å². The van der Waals surface area contributed by atoms with E-state index >= 15 is 0 Å². The Morgan fingerprint density at radius 3 is 1.30 bits per heavy atom. The quantitative estimate of drug-likeness (QED) is 0.149. The predicted molar refractivity (Wildman–Crippen MR) is 229 cm³/mol. The Bertz CT molecular complexity index is 3320. The van der Waals surface area contributed by atoms with Crippen molar-refractivity contribution in [3.63, 3.8) is 0 Å². The largest absolute Gasteiger partial charge is 0.458 e. The number of aromatic nitrogens is 2. The molecule has 2 aromatic heterocycles. The maximum Gasteiger partial charge on any atom is 0.256 e. The Labute approximate surface area is 321 Å². The lowest BCUT2D eigenvalue weighted by molar-refractivity contribution is 0.487. The average molecular weight is 720 g/mol. The van der Waals surface area contributed by atoms with E-state index in [-0.39, 0.29) is 24.3 Å². The Kier molecular flexibility index (Phi) is 5.50. The molecule has 4 aliphatic heterocycles. The van der Waals surface area contributed by atoms with Crippen LogP contribution in [0.5, 0.6) is 23.0 Å². The van der Waals surface area contributed by atoms with Gasteiger partial charge in [-0.15, -0.1) is 0 Å². The Balaban J connectivity index is 1.27. The summed E-state index contributed by atoms with van der Waals surface area (Å²) in [5.41, 5.74) is 16.3. The van der Waals surface area contributed by atoms with Gasteiger partial charge in [-0.05, 0) is 138 Å². The summed E-state index contributed by atoms with van der Waals surface area (Å²) < 4.78 is 18.1. The molecule has 0 spiro atoms. The zero-order valence-electron chi connectivity index (χ0n) is 31.1. The lowest BCUT2D eigenvalue weighted by atomic mass is 9.31. The first-order chi connectivity index (χ1) is 27.2. The first-order valence-electron chi connectivity index (χ1n) is 19.2. The van der Waals surface area contributed by atoms with Gasteiger partial charge in [0.1, 0.15) is 23.0 Å².